The molecule has 1 aliphatic heterocycles. The van der Waals surface area contributed by atoms with E-state index in [-0.39, 0.29) is 13.2 Å². The minimum Gasteiger partial charge on any atom is -0.445 e. The number of fused-ring (bicyclic) bond motifs is 1. The lowest BCUT2D eigenvalue weighted by Gasteiger charge is -2.07. The van der Waals surface area contributed by atoms with E-state index >= 15 is 0 Å². The molecule has 2 N–H and O–H groups in total. The van der Waals surface area contributed by atoms with Crippen LogP contribution < -0.4 is 10.6 Å². The summed E-state index contributed by atoms with van der Waals surface area (Å²) in [4.78, 5) is 35.2. The molecule has 0 unspecified atom stereocenters. The molecule has 132 valence electrons. The summed E-state index contributed by atoms with van der Waals surface area (Å²) >= 11 is 0. The molecule has 0 saturated heterocycles. The predicted molar refractivity (Wildman–Crippen MR) is 97.8 cm³/mol. The summed E-state index contributed by atoms with van der Waals surface area (Å²) in [6.45, 7) is 2.30. The van der Waals surface area contributed by atoms with E-state index < -0.39 is 17.8 Å². The highest BCUT2D eigenvalue weighted by molar-refractivity contribution is 6.52. The van der Waals surface area contributed by atoms with Gasteiger partial charge >= 0.3 is 6.09 Å². The smallest absolute Gasteiger partial charge is 0.407 e. The van der Waals surface area contributed by atoms with E-state index in [1.165, 1.54) is 0 Å². The number of carbonyl (C=O) groups excluding carboxylic acids is 3. The number of ether oxygens (including phenoxy) is 1. The highest BCUT2D eigenvalue weighted by Gasteiger charge is 2.30. The van der Waals surface area contributed by atoms with Crippen LogP contribution in [0.15, 0.2) is 48.5 Å². The third-order valence-electron chi connectivity index (χ3n) is 4.01. The molecule has 0 aliphatic carbocycles. The average molecular weight is 350 g/mol. The monoisotopic (exact) mass is 350 g/mol. The number of alkyl carbamates (subject to hydrolysis) is 1. The van der Waals surface area contributed by atoms with Crippen molar-refractivity contribution in [3.8, 4) is 0 Å². The van der Waals surface area contributed by atoms with E-state index in [1.54, 1.807) is 18.2 Å². The zero-order chi connectivity index (χ0) is 18.5. The Bertz CT molecular complexity index is 888. The van der Waals surface area contributed by atoms with Gasteiger partial charge in [-0.3, -0.25) is 9.59 Å². The molecule has 6 heteroatoms. The molecule has 6 nitrogen and oxygen atoms in total. The van der Waals surface area contributed by atoms with E-state index in [1.807, 2.05) is 43.3 Å². The highest BCUT2D eigenvalue weighted by Crippen LogP contribution is 2.29. The first-order valence-corrected chi connectivity index (χ1v) is 8.16. The molecular weight excluding hydrogens is 332 g/mol. The first-order valence-electron chi connectivity index (χ1n) is 8.16. The number of benzene rings is 2. The zero-order valence-electron chi connectivity index (χ0n) is 14.2. The van der Waals surface area contributed by atoms with E-state index in [0.29, 0.717) is 16.8 Å². The molecule has 2 aromatic rings. The SMILES string of the molecule is Cc1ccc2c(c1C=CCNC(=O)OCc1ccccc1)C(=O)C(=O)N2. The predicted octanol–water partition coefficient (Wildman–Crippen LogP) is 3.07. The van der Waals surface area contributed by atoms with Crippen LogP contribution in [-0.2, 0) is 16.1 Å². The Morgan fingerprint density at radius 3 is 2.69 bits per heavy atom. The van der Waals surface area contributed by atoms with Gasteiger partial charge in [0.2, 0.25) is 0 Å². The fourth-order valence-electron chi connectivity index (χ4n) is 2.67. The van der Waals surface area contributed by atoms with Gasteiger partial charge in [0.05, 0.1) is 11.3 Å². The van der Waals surface area contributed by atoms with E-state index in [9.17, 15) is 14.4 Å². The van der Waals surface area contributed by atoms with Crippen molar-refractivity contribution in [2.45, 2.75) is 13.5 Å². The number of rotatable bonds is 5. The zero-order valence-corrected chi connectivity index (χ0v) is 14.2. The third kappa shape index (κ3) is 3.80. The van der Waals surface area contributed by atoms with Crippen LogP contribution in [0.2, 0.25) is 0 Å². The summed E-state index contributed by atoms with van der Waals surface area (Å²) in [7, 11) is 0. The van der Waals surface area contributed by atoms with Crippen LogP contribution in [0.25, 0.3) is 6.08 Å². The lowest BCUT2D eigenvalue weighted by atomic mass is 9.98. The van der Waals surface area contributed by atoms with Gasteiger partial charge in [-0.2, -0.15) is 0 Å². The Labute approximate surface area is 150 Å². The van der Waals surface area contributed by atoms with Gasteiger partial charge in [0, 0.05) is 6.54 Å². The van der Waals surface area contributed by atoms with Gasteiger partial charge in [0.25, 0.3) is 11.7 Å². The molecule has 1 aliphatic rings. The highest BCUT2D eigenvalue weighted by atomic mass is 16.5. The largest absolute Gasteiger partial charge is 0.445 e. The number of aryl methyl sites for hydroxylation is 1. The summed E-state index contributed by atoms with van der Waals surface area (Å²) in [5.41, 5.74) is 3.34. The minimum absolute atomic E-state index is 0.198. The van der Waals surface area contributed by atoms with Crippen LogP contribution in [-0.4, -0.2) is 24.3 Å². The van der Waals surface area contributed by atoms with Gasteiger partial charge < -0.3 is 15.4 Å². The molecule has 0 atom stereocenters. The topological polar surface area (TPSA) is 84.5 Å². The van der Waals surface area contributed by atoms with Gasteiger partial charge in [-0.05, 0) is 29.7 Å². The van der Waals surface area contributed by atoms with Gasteiger partial charge in [-0.25, -0.2) is 4.79 Å². The first kappa shape index (κ1) is 17.4. The number of hydrogen-bond donors (Lipinski definition) is 2. The second kappa shape index (κ2) is 7.65. The van der Waals surface area contributed by atoms with E-state index in [2.05, 4.69) is 10.6 Å². The van der Waals surface area contributed by atoms with Gasteiger partial charge in [-0.1, -0.05) is 48.6 Å². The molecule has 3 rings (SSSR count). The summed E-state index contributed by atoms with van der Waals surface area (Å²) in [6.07, 6.45) is 2.91. The Kier molecular flexibility index (Phi) is 5.12. The molecule has 1 heterocycles. The minimum atomic E-state index is -0.622. The van der Waals surface area contributed by atoms with Crippen molar-refractivity contribution in [1.82, 2.24) is 5.32 Å². The second-order valence-electron chi connectivity index (χ2n) is 5.85. The Hall–Kier alpha value is -3.41. The number of ketones is 1. The van der Waals surface area contributed by atoms with E-state index in [4.69, 9.17) is 4.74 Å². The van der Waals surface area contributed by atoms with Crippen molar-refractivity contribution in [2.75, 3.05) is 11.9 Å². The van der Waals surface area contributed by atoms with Crippen LogP contribution >= 0.6 is 0 Å². The molecule has 0 aromatic heterocycles. The van der Waals surface area contributed by atoms with Crippen LogP contribution in [0.1, 0.15) is 27.0 Å². The number of amides is 2. The van der Waals surface area contributed by atoms with Crippen LogP contribution in [0.5, 0.6) is 0 Å². The summed E-state index contributed by atoms with van der Waals surface area (Å²) < 4.78 is 5.12. The lowest BCUT2D eigenvalue weighted by molar-refractivity contribution is -0.112. The molecule has 0 spiro atoms. The number of anilines is 1. The van der Waals surface area contributed by atoms with E-state index in [0.717, 1.165) is 11.1 Å². The Balaban J connectivity index is 1.57. The average Bonchev–Trinajstić information content (AvgIpc) is 2.94. The fourth-order valence-corrected chi connectivity index (χ4v) is 2.67. The maximum absolute atomic E-state index is 12.0. The maximum atomic E-state index is 12.0. The van der Waals surface area contributed by atoms with Gasteiger partial charge in [-0.15, -0.1) is 0 Å². The van der Waals surface area contributed by atoms with Gasteiger partial charge in [0.15, 0.2) is 0 Å². The summed E-state index contributed by atoms with van der Waals surface area (Å²) in [5, 5.41) is 5.16. The van der Waals surface area contributed by atoms with Crippen molar-refractivity contribution >= 4 is 29.5 Å². The molecule has 0 saturated carbocycles. The molecule has 2 aromatic carbocycles. The van der Waals surface area contributed by atoms with Crippen molar-refractivity contribution in [3.63, 3.8) is 0 Å². The third-order valence-corrected chi connectivity index (χ3v) is 4.01. The number of hydrogen-bond acceptors (Lipinski definition) is 4. The van der Waals surface area contributed by atoms with Crippen molar-refractivity contribution < 1.29 is 19.1 Å². The van der Waals surface area contributed by atoms with Crippen LogP contribution in [0.3, 0.4) is 0 Å². The van der Waals surface area contributed by atoms with Gasteiger partial charge in [0.1, 0.15) is 6.61 Å². The molecular formula is C20H18N2O4. The van der Waals surface area contributed by atoms with Crippen molar-refractivity contribution in [3.05, 3.63) is 70.8 Å². The standard InChI is InChI=1S/C20H18N2O4/c1-13-9-10-16-17(18(23)19(24)22-16)15(13)8-5-11-21-20(25)26-12-14-6-3-2-4-7-14/h2-10H,11-12H2,1H3,(H,21,25)(H,22,23,24). The number of Topliss-reactive ketones (excluding diaryl/α,β-unsaturated/α-hetero) is 1. The van der Waals surface area contributed by atoms with Crippen LogP contribution in [0.4, 0.5) is 10.5 Å². The number of carbonyl (C=O) groups is 3. The van der Waals surface area contributed by atoms with Crippen molar-refractivity contribution in [1.29, 1.82) is 0 Å². The lowest BCUT2D eigenvalue weighted by Crippen LogP contribution is -2.24. The summed E-state index contributed by atoms with van der Waals surface area (Å²) in [5.74, 6) is -1.17. The number of nitrogens with one attached hydrogen (secondary N) is 2. The normalized spacial score (nSPS) is 12.8. The molecule has 0 bridgehead atoms. The fraction of sp³-hybridized carbons (Fsp3) is 0.150. The quantitative estimate of drug-likeness (QED) is 0.812. The van der Waals surface area contributed by atoms with Crippen LogP contribution in [0, 0.1) is 6.92 Å². The second-order valence-corrected chi connectivity index (χ2v) is 5.85. The molecule has 26 heavy (non-hydrogen) atoms. The Morgan fingerprint density at radius 1 is 1.15 bits per heavy atom. The molecule has 0 radical (unpaired) electrons. The Morgan fingerprint density at radius 2 is 1.92 bits per heavy atom. The summed E-state index contributed by atoms with van der Waals surface area (Å²) in [6, 6.07) is 12.9. The van der Waals surface area contributed by atoms with Crippen molar-refractivity contribution in [2.24, 2.45) is 0 Å². The first-order chi connectivity index (χ1) is 12.6. The maximum Gasteiger partial charge on any atom is 0.407 e. The molecule has 2 amide bonds. The molecule has 0 fully saturated rings.